The molecule has 3 rings (SSSR count). The Morgan fingerprint density at radius 1 is 1.16 bits per heavy atom. The molecule has 0 bridgehead atoms. The topological polar surface area (TPSA) is 85.2 Å². The molecular formula is C19H24N4O2. The van der Waals surface area contributed by atoms with Gasteiger partial charge in [0.2, 0.25) is 5.91 Å². The van der Waals surface area contributed by atoms with Crippen molar-refractivity contribution in [3.05, 3.63) is 29.8 Å². The van der Waals surface area contributed by atoms with Crippen LogP contribution in [-0.4, -0.2) is 36.0 Å². The molecule has 2 fully saturated rings. The van der Waals surface area contributed by atoms with Gasteiger partial charge in [0.15, 0.2) is 0 Å². The van der Waals surface area contributed by atoms with Crippen molar-refractivity contribution in [3.63, 3.8) is 0 Å². The standard InChI is InChI=1S/C19H24N4O2/c20-12-14-5-3-9-17(11-14)21-18(24)15-6-4-10-23(13-15)19(25)22-16-7-1-2-8-16/h3,5,9,11,15-16H,1-2,4,6-8,10,13H2,(H,21,24)(H,22,25)/t15-/m1/s1. The van der Waals surface area contributed by atoms with Crippen LogP contribution in [-0.2, 0) is 4.79 Å². The van der Waals surface area contributed by atoms with E-state index in [1.807, 2.05) is 0 Å². The predicted molar refractivity (Wildman–Crippen MR) is 94.9 cm³/mol. The average Bonchev–Trinajstić information content (AvgIpc) is 3.15. The van der Waals surface area contributed by atoms with Crippen LogP contribution in [0.15, 0.2) is 24.3 Å². The number of nitrogens with zero attached hydrogens (tertiary/aromatic N) is 2. The Morgan fingerprint density at radius 2 is 1.96 bits per heavy atom. The van der Waals surface area contributed by atoms with E-state index in [9.17, 15) is 9.59 Å². The van der Waals surface area contributed by atoms with Crippen molar-refractivity contribution in [2.24, 2.45) is 5.92 Å². The van der Waals surface area contributed by atoms with Gasteiger partial charge in [-0.25, -0.2) is 4.79 Å². The number of piperidine rings is 1. The molecular weight excluding hydrogens is 316 g/mol. The Morgan fingerprint density at radius 3 is 2.72 bits per heavy atom. The number of anilines is 1. The van der Waals surface area contributed by atoms with Crippen molar-refractivity contribution < 1.29 is 9.59 Å². The first-order valence-corrected chi connectivity index (χ1v) is 9.02. The second-order valence-corrected chi connectivity index (χ2v) is 6.90. The van der Waals surface area contributed by atoms with Gasteiger partial charge < -0.3 is 15.5 Å². The van der Waals surface area contributed by atoms with Crippen molar-refractivity contribution in [3.8, 4) is 6.07 Å². The summed E-state index contributed by atoms with van der Waals surface area (Å²) in [5, 5.41) is 14.9. The van der Waals surface area contributed by atoms with Crippen LogP contribution in [0.1, 0.15) is 44.1 Å². The van der Waals surface area contributed by atoms with E-state index in [0.717, 1.165) is 25.7 Å². The smallest absolute Gasteiger partial charge is 0.317 e. The highest BCUT2D eigenvalue weighted by molar-refractivity contribution is 5.93. The summed E-state index contributed by atoms with van der Waals surface area (Å²) in [4.78, 5) is 26.7. The zero-order valence-corrected chi connectivity index (χ0v) is 14.3. The lowest BCUT2D eigenvalue weighted by Crippen LogP contribution is -2.49. The molecule has 0 radical (unpaired) electrons. The molecule has 25 heavy (non-hydrogen) atoms. The van der Waals surface area contributed by atoms with E-state index in [1.54, 1.807) is 29.2 Å². The molecule has 2 aliphatic rings. The summed E-state index contributed by atoms with van der Waals surface area (Å²) in [6.45, 7) is 1.15. The van der Waals surface area contributed by atoms with Crippen molar-refractivity contribution in [1.29, 1.82) is 5.26 Å². The summed E-state index contributed by atoms with van der Waals surface area (Å²) in [5.41, 5.74) is 1.13. The molecule has 6 heteroatoms. The van der Waals surface area contributed by atoms with Gasteiger partial charge in [-0.3, -0.25) is 4.79 Å². The summed E-state index contributed by atoms with van der Waals surface area (Å²) < 4.78 is 0. The molecule has 1 atom stereocenters. The third kappa shape index (κ3) is 4.50. The Balaban J connectivity index is 1.55. The number of carbonyl (C=O) groups is 2. The number of rotatable bonds is 3. The van der Waals surface area contributed by atoms with E-state index in [1.165, 1.54) is 12.8 Å². The van der Waals surface area contributed by atoms with Crippen molar-refractivity contribution >= 4 is 17.6 Å². The maximum atomic E-state index is 12.5. The van der Waals surface area contributed by atoms with Crippen LogP contribution < -0.4 is 10.6 Å². The van der Waals surface area contributed by atoms with Crippen LogP contribution >= 0.6 is 0 Å². The third-order valence-electron chi connectivity index (χ3n) is 5.02. The highest BCUT2D eigenvalue weighted by atomic mass is 16.2. The first-order valence-electron chi connectivity index (χ1n) is 9.02. The SMILES string of the molecule is N#Cc1cccc(NC(=O)[C@@H]2CCCN(C(=O)NC3CCCC3)C2)c1. The lowest BCUT2D eigenvalue weighted by atomic mass is 9.97. The monoisotopic (exact) mass is 340 g/mol. The van der Waals surface area contributed by atoms with Crippen molar-refractivity contribution in [1.82, 2.24) is 10.2 Å². The van der Waals surface area contributed by atoms with E-state index < -0.39 is 0 Å². The van der Waals surface area contributed by atoms with Gasteiger partial charge in [-0.2, -0.15) is 5.26 Å². The zero-order valence-electron chi connectivity index (χ0n) is 14.3. The molecule has 1 aromatic carbocycles. The fourth-order valence-corrected chi connectivity index (χ4v) is 3.62. The fourth-order valence-electron chi connectivity index (χ4n) is 3.62. The molecule has 2 N–H and O–H groups in total. The van der Waals surface area contributed by atoms with Gasteiger partial charge in [0, 0.05) is 24.8 Å². The Bertz CT molecular complexity index is 676. The van der Waals surface area contributed by atoms with Crippen molar-refractivity contribution in [2.75, 3.05) is 18.4 Å². The number of hydrogen-bond donors (Lipinski definition) is 2. The fraction of sp³-hybridized carbons (Fsp3) is 0.526. The van der Waals surface area contributed by atoms with Crippen LogP contribution in [0, 0.1) is 17.2 Å². The first kappa shape index (κ1) is 17.3. The van der Waals surface area contributed by atoms with E-state index in [2.05, 4.69) is 16.7 Å². The molecule has 1 saturated heterocycles. The number of nitrogens with one attached hydrogen (secondary N) is 2. The molecule has 1 aromatic rings. The van der Waals surface area contributed by atoms with Gasteiger partial charge in [-0.05, 0) is 43.9 Å². The van der Waals surface area contributed by atoms with Crippen LogP contribution in [0.2, 0.25) is 0 Å². The van der Waals surface area contributed by atoms with Crippen LogP contribution in [0.25, 0.3) is 0 Å². The average molecular weight is 340 g/mol. The molecule has 3 amide bonds. The number of carbonyl (C=O) groups excluding carboxylic acids is 2. The van der Waals surface area contributed by atoms with Gasteiger partial charge in [0.25, 0.3) is 0 Å². The lowest BCUT2D eigenvalue weighted by molar-refractivity contribution is -0.121. The van der Waals surface area contributed by atoms with Gasteiger partial charge in [-0.15, -0.1) is 0 Å². The van der Waals surface area contributed by atoms with Crippen LogP contribution in [0.5, 0.6) is 0 Å². The third-order valence-corrected chi connectivity index (χ3v) is 5.02. The second-order valence-electron chi connectivity index (χ2n) is 6.90. The summed E-state index contributed by atoms with van der Waals surface area (Å²) >= 11 is 0. The van der Waals surface area contributed by atoms with Crippen LogP contribution in [0.4, 0.5) is 10.5 Å². The minimum Gasteiger partial charge on any atom is -0.335 e. The van der Waals surface area contributed by atoms with Crippen molar-refractivity contribution in [2.45, 2.75) is 44.6 Å². The number of likely N-dealkylation sites (tertiary alicyclic amines) is 1. The second kappa shape index (κ2) is 8.02. The van der Waals surface area contributed by atoms with Crippen LogP contribution in [0.3, 0.4) is 0 Å². The molecule has 0 spiro atoms. The molecule has 1 aliphatic carbocycles. The molecule has 6 nitrogen and oxygen atoms in total. The maximum absolute atomic E-state index is 12.5. The van der Waals surface area contributed by atoms with E-state index in [4.69, 9.17) is 5.26 Å². The summed E-state index contributed by atoms with van der Waals surface area (Å²) in [6.07, 6.45) is 6.07. The molecule has 1 heterocycles. The number of nitriles is 1. The Labute approximate surface area is 148 Å². The first-order chi connectivity index (χ1) is 12.2. The van der Waals surface area contributed by atoms with Gasteiger partial charge in [-0.1, -0.05) is 18.9 Å². The molecule has 132 valence electrons. The normalized spacial score (nSPS) is 20.8. The van der Waals surface area contributed by atoms with E-state index >= 15 is 0 Å². The van der Waals surface area contributed by atoms with E-state index in [0.29, 0.717) is 24.3 Å². The molecule has 1 aliphatic heterocycles. The van der Waals surface area contributed by atoms with Gasteiger partial charge >= 0.3 is 6.03 Å². The Hall–Kier alpha value is -2.55. The summed E-state index contributed by atoms with van der Waals surface area (Å²) in [5.74, 6) is -0.303. The van der Waals surface area contributed by atoms with Gasteiger partial charge in [0.05, 0.1) is 17.6 Å². The number of hydrogen-bond acceptors (Lipinski definition) is 3. The summed E-state index contributed by atoms with van der Waals surface area (Å²) in [7, 11) is 0. The molecule has 0 aromatic heterocycles. The Kier molecular flexibility index (Phi) is 5.54. The summed E-state index contributed by atoms with van der Waals surface area (Å²) in [6, 6.07) is 9.18. The zero-order chi connectivity index (χ0) is 17.6. The predicted octanol–water partition coefficient (Wildman–Crippen LogP) is 2.86. The largest absolute Gasteiger partial charge is 0.335 e. The number of benzene rings is 1. The highest BCUT2D eigenvalue weighted by Crippen LogP contribution is 2.21. The van der Waals surface area contributed by atoms with Gasteiger partial charge in [0.1, 0.15) is 0 Å². The minimum atomic E-state index is -0.214. The maximum Gasteiger partial charge on any atom is 0.317 e. The molecule has 0 unspecified atom stereocenters. The lowest BCUT2D eigenvalue weighted by Gasteiger charge is -2.33. The highest BCUT2D eigenvalue weighted by Gasteiger charge is 2.29. The quantitative estimate of drug-likeness (QED) is 0.887. The minimum absolute atomic E-state index is 0.0455. The van der Waals surface area contributed by atoms with E-state index in [-0.39, 0.29) is 23.9 Å². The number of urea groups is 1. The number of amides is 3. The molecule has 1 saturated carbocycles.